The van der Waals surface area contributed by atoms with Crippen LogP contribution in [0.2, 0.25) is 10.6 Å². The van der Waals surface area contributed by atoms with Gasteiger partial charge < -0.3 is 24.8 Å². The van der Waals surface area contributed by atoms with Gasteiger partial charge in [-0.1, -0.05) is 6.07 Å². The Morgan fingerprint density at radius 3 is 1.96 bits per heavy atom. The molecule has 0 atom stereocenters. The fourth-order valence-electron chi connectivity index (χ4n) is 3.72. The Kier molecular flexibility index (Phi) is 15.7. The van der Waals surface area contributed by atoms with Crippen molar-refractivity contribution in [3.63, 3.8) is 0 Å². The van der Waals surface area contributed by atoms with Crippen LogP contribution in [-0.2, 0) is 30.4 Å². The van der Waals surface area contributed by atoms with Crippen molar-refractivity contribution >= 4 is 99.0 Å². The van der Waals surface area contributed by atoms with E-state index in [0.29, 0.717) is 18.2 Å². The van der Waals surface area contributed by atoms with Crippen LogP contribution < -0.4 is 104 Å². The molecule has 3 N–H and O–H groups in total. The van der Waals surface area contributed by atoms with Crippen LogP contribution in [0.25, 0.3) is 10.8 Å². The van der Waals surface area contributed by atoms with Gasteiger partial charge in [-0.2, -0.15) is 23.4 Å². The number of amidine groups is 1. The Bertz CT molecular complexity index is 2220. The summed E-state index contributed by atoms with van der Waals surface area (Å²) in [4.78, 5) is 12.9. The number of hydrogen-bond acceptors (Lipinski definition) is 16. The minimum Gasteiger partial charge on any atom is -0.846 e. The molecule has 0 unspecified atom stereocenters. The molecule has 3 aromatic carbocycles. The molecule has 0 saturated carbocycles. The topological polar surface area (TPSA) is 297 Å². The molecule has 47 heavy (non-hydrogen) atoms. The van der Waals surface area contributed by atoms with Gasteiger partial charge >= 0.3 is 88.7 Å². The number of nitrogens with two attached hydrogens (primary N) is 1. The van der Waals surface area contributed by atoms with E-state index in [1.165, 1.54) is 30.1 Å². The van der Waals surface area contributed by atoms with Crippen molar-refractivity contribution in [3.8, 4) is 0 Å². The first-order valence-corrected chi connectivity index (χ1v) is 16.1. The molecule has 0 spiro atoms. The quantitative estimate of drug-likeness (QED) is 0.0553. The number of halogens is 2. The summed E-state index contributed by atoms with van der Waals surface area (Å²) >= 11 is 11.6. The van der Waals surface area contributed by atoms with Crippen LogP contribution in [0, 0.1) is 0 Å². The minimum atomic E-state index is -5.60. The molecule has 0 saturated heterocycles. The van der Waals surface area contributed by atoms with Crippen LogP contribution in [-0.4, -0.2) is 66.9 Å². The summed E-state index contributed by atoms with van der Waals surface area (Å²) in [6.07, 6.45) is 0. The number of nitrogens with zero attached hydrogens (tertiary/aromatic N) is 7. The van der Waals surface area contributed by atoms with E-state index >= 15 is 0 Å². The summed E-state index contributed by atoms with van der Waals surface area (Å²) in [5, 5.41) is 17.5. The predicted molar refractivity (Wildman–Crippen MR) is 149 cm³/mol. The Balaban J connectivity index is 0.00000368. The van der Waals surface area contributed by atoms with Crippen molar-refractivity contribution in [1.29, 1.82) is 0 Å². The van der Waals surface area contributed by atoms with Crippen LogP contribution in [0.1, 0.15) is 0 Å². The molecule has 0 bridgehead atoms. The first-order chi connectivity index (χ1) is 20.3. The maximum atomic E-state index is 12.4. The second-order valence-electron chi connectivity index (χ2n) is 8.37. The minimum absolute atomic E-state index is 0. The number of aromatic nitrogens is 3. The van der Waals surface area contributed by atoms with Crippen LogP contribution in [0.5, 0.6) is 0 Å². The summed E-state index contributed by atoms with van der Waals surface area (Å²) in [5.41, 5.74) is 3.62. The molecule has 1 heterocycles. The van der Waals surface area contributed by atoms with Gasteiger partial charge in [0, 0.05) is 18.1 Å². The molecule has 232 valence electrons. The monoisotopic (exact) mass is 772 g/mol. The molecular formula is C21H13Cl2N8Na3O10S3. The van der Waals surface area contributed by atoms with Gasteiger partial charge in [-0.05, 0) is 65.0 Å². The first-order valence-electron chi connectivity index (χ1n) is 11.1. The smallest absolute Gasteiger partial charge is 0.846 e. The largest absolute Gasteiger partial charge is 1.00 e. The van der Waals surface area contributed by atoms with Crippen molar-refractivity contribution < 1.29 is 133 Å². The van der Waals surface area contributed by atoms with Crippen molar-refractivity contribution in [2.75, 3.05) is 11.9 Å². The summed E-state index contributed by atoms with van der Waals surface area (Å²) in [5.74, 6) is -0.0402. The van der Waals surface area contributed by atoms with Gasteiger partial charge in [-0.3, -0.25) is 4.55 Å². The second kappa shape index (κ2) is 16.7. The maximum Gasteiger partial charge on any atom is 1.00 e. The molecule has 18 nitrogen and oxygen atoms in total. The summed E-state index contributed by atoms with van der Waals surface area (Å²) in [6, 6.07) is 5.14. The van der Waals surface area contributed by atoms with E-state index in [0.717, 1.165) is 6.07 Å². The third-order valence-electron chi connectivity index (χ3n) is 5.52. The normalized spacial score (nSPS) is 12.3. The van der Waals surface area contributed by atoms with E-state index < -0.39 is 67.5 Å². The van der Waals surface area contributed by atoms with Crippen LogP contribution in [0.4, 0.5) is 28.7 Å². The number of fused-ring (bicyclic) bond motifs is 1. The molecule has 4 aromatic rings. The van der Waals surface area contributed by atoms with Gasteiger partial charge in [0.25, 0.3) is 10.1 Å². The standard InChI is InChI=1S/C21H16Cl2N8O10S3.3Na/c1-31(21-27-18(22)26-19(23)28-21)10-2-5-13(14(8-10)25-20(24)32)29-30-16-15(43(36,37)38)7-9-6-11(42(33,34)35)3-4-12(9)17(16)44(39,40)41;;;/h2-8H,1H3,(H3,24,25,32)(H,33,34,35)(H,36,37,38)(H,39,40,41);;;/q;3*+1/p-3. The average molecular weight is 773 g/mol. The van der Waals surface area contributed by atoms with E-state index in [1.807, 2.05) is 0 Å². The van der Waals surface area contributed by atoms with Gasteiger partial charge in [0.15, 0.2) is 0 Å². The number of rotatable bonds is 8. The first kappa shape index (κ1) is 43.9. The number of hydrogen-bond donors (Lipinski definition) is 2. The average Bonchev–Trinajstić information content (AvgIpc) is 2.88. The SMILES string of the molecule is CN(c1ccc(N=Nc2c(S(=O)(=O)[O-])cc3cc(S(=O)(=O)[O-])ccc3c2S(=O)(=O)O)c(N=C(N)[O-])c1)c1nc(Cl)nc(Cl)n1.[Na+].[Na+].[Na+]. The Hall–Kier alpha value is -1.09. The molecule has 0 aliphatic carbocycles. The summed E-state index contributed by atoms with van der Waals surface area (Å²) < 4.78 is 106. The second-order valence-corrected chi connectivity index (χ2v) is 13.1. The van der Waals surface area contributed by atoms with Gasteiger partial charge in [0.05, 0.1) is 21.5 Å². The van der Waals surface area contributed by atoms with E-state index in [4.69, 9.17) is 28.9 Å². The number of azo groups is 1. The molecule has 0 aliphatic rings. The zero-order valence-electron chi connectivity index (χ0n) is 24.4. The van der Waals surface area contributed by atoms with E-state index in [-0.39, 0.29) is 122 Å². The summed E-state index contributed by atoms with van der Waals surface area (Å²) in [7, 11) is -14.6. The van der Waals surface area contributed by atoms with E-state index in [1.54, 1.807) is 0 Å². The Morgan fingerprint density at radius 1 is 0.851 bits per heavy atom. The number of benzene rings is 3. The van der Waals surface area contributed by atoms with Crippen molar-refractivity contribution in [2.45, 2.75) is 14.7 Å². The van der Waals surface area contributed by atoms with Crippen molar-refractivity contribution in [1.82, 2.24) is 15.0 Å². The molecule has 0 aliphatic heterocycles. The molecule has 26 heteroatoms. The number of aliphatic imine (C=N–C) groups is 1. The van der Waals surface area contributed by atoms with Crippen molar-refractivity contribution in [3.05, 3.63) is 53.0 Å². The molecule has 0 fully saturated rings. The zero-order chi connectivity index (χ0) is 32.8. The van der Waals surface area contributed by atoms with Gasteiger partial charge in [-0.25, -0.2) is 21.8 Å². The Morgan fingerprint density at radius 2 is 1.45 bits per heavy atom. The van der Waals surface area contributed by atoms with Gasteiger partial charge in [-0.15, -0.1) is 10.2 Å². The predicted octanol–water partition coefficient (Wildman–Crippen LogP) is -7.11. The fraction of sp³-hybridized carbons (Fsp3) is 0.0476. The molecule has 0 radical (unpaired) electrons. The van der Waals surface area contributed by atoms with Crippen LogP contribution in [0.15, 0.2) is 72.4 Å². The third kappa shape index (κ3) is 10.7. The molecular weight excluding hydrogens is 760 g/mol. The molecule has 4 rings (SSSR count). The van der Waals surface area contributed by atoms with E-state index in [9.17, 15) is 44.0 Å². The van der Waals surface area contributed by atoms with Crippen LogP contribution in [0.3, 0.4) is 0 Å². The number of anilines is 2. The fourth-order valence-corrected chi connectivity index (χ4v) is 6.15. The van der Waals surface area contributed by atoms with Gasteiger partial charge in [0.2, 0.25) is 16.5 Å². The van der Waals surface area contributed by atoms with Crippen molar-refractivity contribution in [2.24, 2.45) is 21.0 Å². The summed E-state index contributed by atoms with van der Waals surface area (Å²) in [6.45, 7) is 0. The molecule has 1 aromatic heterocycles. The third-order valence-corrected chi connectivity index (χ3v) is 8.47. The zero-order valence-corrected chi connectivity index (χ0v) is 34.3. The molecule has 0 amide bonds. The van der Waals surface area contributed by atoms with E-state index in [2.05, 4.69) is 30.2 Å². The Labute approximate surface area is 343 Å². The van der Waals surface area contributed by atoms with Gasteiger partial charge in [0.1, 0.15) is 36.5 Å². The van der Waals surface area contributed by atoms with Crippen LogP contribution >= 0.6 is 23.2 Å². The maximum absolute atomic E-state index is 12.4.